The van der Waals surface area contributed by atoms with E-state index in [1.165, 1.54) is 6.07 Å². The van der Waals surface area contributed by atoms with E-state index in [0.717, 1.165) is 10.7 Å². The molecule has 0 bridgehead atoms. The number of thiazole rings is 1. The van der Waals surface area contributed by atoms with E-state index in [2.05, 4.69) is 10.3 Å². The molecule has 0 amide bonds. The Hall–Kier alpha value is -1.62. The number of anilines is 1. The van der Waals surface area contributed by atoms with Gasteiger partial charge in [0, 0.05) is 11.4 Å². The minimum Gasteiger partial charge on any atom is -0.497 e. The van der Waals surface area contributed by atoms with E-state index in [1.807, 2.05) is 19.2 Å². The molecule has 0 aliphatic rings. The van der Waals surface area contributed by atoms with Gasteiger partial charge in [0.05, 0.1) is 29.5 Å². The Balaban J connectivity index is 2.18. The summed E-state index contributed by atoms with van der Waals surface area (Å²) in [5.74, 6) is 0.329. The van der Waals surface area contributed by atoms with Crippen LogP contribution in [-0.4, -0.2) is 12.1 Å². The number of rotatable bonds is 4. The van der Waals surface area contributed by atoms with Crippen molar-refractivity contribution >= 4 is 17.0 Å². The Bertz CT molecular complexity index is 542. The highest BCUT2D eigenvalue weighted by Crippen LogP contribution is 2.26. The highest BCUT2D eigenvalue weighted by molar-refractivity contribution is 7.09. The molecule has 96 valence electrons. The van der Waals surface area contributed by atoms with Crippen LogP contribution in [0.4, 0.5) is 10.1 Å². The van der Waals surface area contributed by atoms with Gasteiger partial charge in [-0.25, -0.2) is 9.37 Å². The Labute approximate surface area is 110 Å². The molecule has 18 heavy (non-hydrogen) atoms. The Morgan fingerprint density at radius 2 is 2.22 bits per heavy atom. The third-order valence-corrected chi connectivity index (χ3v) is 3.42. The van der Waals surface area contributed by atoms with Crippen molar-refractivity contribution in [3.63, 3.8) is 0 Å². The van der Waals surface area contributed by atoms with E-state index >= 15 is 0 Å². The first-order valence-corrected chi connectivity index (χ1v) is 6.50. The summed E-state index contributed by atoms with van der Waals surface area (Å²) in [5, 5.41) is 6.09. The smallest absolute Gasteiger partial charge is 0.146 e. The second kappa shape index (κ2) is 5.35. The molecule has 2 rings (SSSR count). The summed E-state index contributed by atoms with van der Waals surface area (Å²) in [6.07, 6.45) is 0. The molecule has 0 saturated heterocycles. The summed E-state index contributed by atoms with van der Waals surface area (Å²) in [6.45, 7) is 3.90. The van der Waals surface area contributed by atoms with Gasteiger partial charge >= 0.3 is 0 Å². The molecule has 1 aromatic heterocycles. The number of aromatic nitrogens is 1. The summed E-state index contributed by atoms with van der Waals surface area (Å²) >= 11 is 1.59. The minimum atomic E-state index is -0.297. The fourth-order valence-corrected chi connectivity index (χ4v) is 2.33. The van der Waals surface area contributed by atoms with Crippen LogP contribution in [0.2, 0.25) is 0 Å². The first-order valence-electron chi connectivity index (χ1n) is 5.62. The van der Waals surface area contributed by atoms with Gasteiger partial charge in [0.25, 0.3) is 0 Å². The number of hydrogen-bond donors (Lipinski definition) is 1. The Kier molecular flexibility index (Phi) is 3.81. The van der Waals surface area contributed by atoms with Crippen LogP contribution < -0.4 is 10.1 Å². The third-order valence-electron chi connectivity index (χ3n) is 2.63. The molecule has 2 aromatic rings. The van der Waals surface area contributed by atoms with Gasteiger partial charge < -0.3 is 10.1 Å². The average molecular weight is 266 g/mol. The molecule has 5 heteroatoms. The molecule has 0 aliphatic carbocycles. The second-order valence-electron chi connectivity index (χ2n) is 4.00. The fourth-order valence-electron chi connectivity index (χ4n) is 1.63. The molecule has 1 unspecified atom stereocenters. The van der Waals surface area contributed by atoms with E-state index in [-0.39, 0.29) is 11.9 Å². The number of halogens is 1. The van der Waals surface area contributed by atoms with E-state index in [4.69, 9.17) is 4.74 Å². The number of methoxy groups -OCH3 is 1. The third kappa shape index (κ3) is 2.79. The molecular formula is C13H15FN2OS. The maximum absolute atomic E-state index is 13.7. The summed E-state index contributed by atoms with van der Waals surface area (Å²) < 4.78 is 18.7. The van der Waals surface area contributed by atoms with Crippen molar-refractivity contribution in [1.29, 1.82) is 0 Å². The normalized spacial score (nSPS) is 12.2. The molecule has 0 saturated carbocycles. The van der Waals surface area contributed by atoms with Crippen molar-refractivity contribution in [2.24, 2.45) is 0 Å². The maximum Gasteiger partial charge on any atom is 0.146 e. The van der Waals surface area contributed by atoms with Crippen LogP contribution in [0, 0.1) is 12.7 Å². The first kappa shape index (κ1) is 12.8. The van der Waals surface area contributed by atoms with Gasteiger partial charge in [0.2, 0.25) is 0 Å². The lowest BCUT2D eigenvalue weighted by molar-refractivity contribution is 0.414. The maximum atomic E-state index is 13.7. The summed E-state index contributed by atoms with van der Waals surface area (Å²) in [5.41, 5.74) is 1.34. The standard InChI is InChI=1S/C13H15FN2OS/c1-8(13-7-18-9(2)16-13)15-12-6-10(17-3)4-5-11(12)14/h4-8,15H,1-3H3. The molecule has 3 nitrogen and oxygen atoms in total. The van der Waals surface area contributed by atoms with E-state index in [0.29, 0.717) is 11.4 Å². The van der Waals surface area contributed by atoms with Crippen molar-refractivity contribution in [2.75, 3.05) is 12.4 Å². The zero-order valence-corrected chi connectivity index (χ0v) is 11.3. The lowest BCUT2D eigenvalue weighted by Gasteiger charge is -2.14. The highest BCUT2D eigenvalue weighted by Gasteiger charge is 2.11. The first-order chi connectivity index (χ1) is 8.60. The van der Waals surface area contributed by atoms with E-state index < -0.39 is 0 Å². The predicted molar refractivity (Wildman–Crippen MR) is 71.8 cm³/mol. The molecule has 0 fully saturated rings. The van der Waals surface area contributed by atoms with Crippen LogP contribution >= 0.6 is 11.3 Å². The Morgan fingerprint density at radius 1 is 1.44 bits per heavy atom. The SMILES string of the molecule is COc1ccc(F)c(NC(C)c2csc(C)n2)c1. The lowest BCUT2D eigenvalue weighted by atomic mass is 10.2. The van der Waals surface area contributed by atoms with Crippen molar-refractivity contribution in [3.05, 3.63) is 40.1 Å². The average Bonchev–Trinajstić information content (AvgIpc) is 2.79. The molecule has 1 heterocycles. The lowest BCUT2D eigenvalue weighted by Crippen LogP contribution is -2.08. The van der Waals surface area contributed by atoms with Gasteiger partial charge in [0.15, 0.2) is 0 Å². The number of ether oxygens (including phenoxy) is 1. The molecule has 1 N–H and O–H groups in total. The Morgan fingerprint density at radius 3 is 2.83 bits per heavy atom. The fraction of sp³-hybridized carbons (Fsp3) is 0.308. The number of aryl methyl sites for hydroxylation is 1. The molecule has 1 aromatic carbocycles. The monoisotopic (exact) mass is 266 g/mol. The van der Waals surface area contributed by atoms with Crippen molar-refractivity contribution < 1.29 is 9.13 Å². The van der Waals surface area contributed by atoms with Gasteiger partial charge in [-0.2, -0.15) is 0 Å². The van der Waals surface area contributed by atoms with Crippen molar-refractivity contribution in [1.82, 2.24) is 4.98 Å². The summed E-state index contributed by atoms with van der Waals surface area (Å²) in [7, 11) is 1.56. The van der Waals surface area contributed by atoms with Gasteiger partial charge in [-0.05, 0) is 26.0 Å². The van der Waals surface area contributed by atoms with Gasteiger partial charge in [-0.3, -0.25) is 0 Å². The summed E-state index contributed by atoms with van der Waals surface area (Å²) in [6, 6.07) is 4.58. The van der Waals surface area contributed by atoms with Crippen LogP contribution in [0.15, 0.2) is 23.6 Å². The zero-order valence-electron chi connectivity index (χ0n) is 10.5. The molecule has 0 aliphatic heterocycles. The summed E-state index contributed by atoms with van der Waals surface area (Å²) in [4.78, 5) is 4.38. The topological polar surface area (TPSA) is 34.1 Å². The number of nitrogens with zero attached hydrogens (tertiary/aromatic N) is 1. The van der Waals surface area contributed by atoms with Crippen LogP contribution in [0.25, 0.3) is 0 Å². The molecule has 0 spiro atoms. The van der Waals surface area contributed by atoms with Crippen molar-refractivity contribution in [2.45, 2.75) is 19.9 Å². The van der Waals surface area contributed by atoms with Crippen LogP contribution in [0.1, 0.15) is 23.7 Å². The number of nitrogens with one attached hydrogen (secondary N) is 1. The second-order valence-corrected chi connectivity index (χ2v) is 5.07. The quantitative estimate of drug-likeness (QED) is 0.914. The largest absolute Gasteiger partial charge is 0.497 e. The van der Waals surface area contributed by atoms with Gasteiger partial charge in [-0.15, -0.1) is 11.3 Å². The van der Waals surface area contributed by atoms with Crippen molar-refractivity contribution in [3.8, 4) is 5.75 Å². The highest BCUT2D eigenvalue weighted by atomic mass is 32.1. The zero-order chi connectivity index (χ0) is 13.1. The van der Waals surface area contributed by atoms with Crippen LogP contribution in [-0.2, 0) is 0 Å². The number of benzene rings is 1. The van der Waals surface area contributed by atoms with E-state index in [1.54, 1.807) is 30.6 Å². The molecule has 0 radical (unpaired) electrons. The molecule has 1 atom stereocenters. The predicted octanol–water partition coefficient (Wildman–Crippen LogP) is 3.77. The number of hydrogen-bond acceptors (Lipinski definition) is 4. The van der Waals surface area contributed by atoms with Gasteiger partial charge in [-0.1, -0.05) is 0 Å². The molecular weight excluding hydrogens is 251 g/mol. The van der Waals surface area contributed by atoms with Crippen LogP contribution in [0.3, 0.4) is 0 Å². The van der Waals surface area contributed by atoms with Gasteiger partial charge in [0.1, 0.15) is 11.6 Å². The minimum absolute atomic E-state index is 0.0449. The van der Waals surface area contributed by atoms with E-state index in [9.17, 15) is 4.39 Å². The van der Waals surface area contributed by atoms with Crippen LogP contribution in [0.5, 0.6) is 5.75 Å².